The van der Waals surface area contributed by atoms with Gasteiger partial charge in [0.05, 0.1) is 5.60 Å². The van der Waals surface area contributed by atoms with Crippen LogP contribution < -0.4 is 0 Å². The second kappa shape index (κ2) is 5.43. The summed E-state index contributed by atoms with van der Waals surface area (Å²) >= 11 is 0. The number of ether oxygens (including phenoxy) is 1. The molecule has 1 fully saturated rings. The van der Waals surface area contributed by atoms with E-state index in [-0.39, 0.29) is 12.2 Å². The van der Waals surface area contributed by atoms with E-state index in [4.69, 9.17) is 9.84 Å². The zero-order chi connectivity index (χ0) is 15.0. The molecule has 1 aliphatic heterocycles. The lowest BCUT2D eigenvalue weighted by molar-refractivity contribution is -0.170. The standard InChI is InChI=1S/C17H23NO3/c1-12-7-8-15(14-6-4-3-5-13(12)14)18-10-17(2,11-18)21-9-16(19)20/h3-6,12,15H,7-11H2,1-2H3,(H,19,20). The second-order valence-electron chi connectivity index (χ2n) is 6.66. The highest BCUT2D eigenvalue weighted by atomic mass is 16.5. The molecule has 0 bridgehead atoms. The summed E-state index contributed by atoms with van der Waals surface area (Å²) in [7, 11) is 0. The molecule has 2 atom stereocenters. The predicted molar refractivity (Wildman–Crippen MR) is 80.4 cm³/mol. The van der Waals surface area contributed by atoms with Crippen LogP contribution in [0.15, 0.2) is 24.3 Å². The molecule has 0 amide bonds. The summed E-state index contributed by atoms with van der Waals surface area (Å²) < 4.78 is 5.52. The van der Waals surface area contributed by atoms with Gasteiger partial charge in [-0.1, -0.05) is 31.2 Å². The van der Waals surface area contributed by atoms with Crippen LogP contribution >= 0.6 is 0 Å². The lowest BCUT2D eigenvalue weighted by atomic mass is 9.78. The normalized spacial score (nSPS) is 27.7. The predicted octanol–water partition coefficient (Wildman–Crippen LogP) is 2.80. The van der Waals surface area contributed by atoms with E-state index in [0.29, 0.717) is 12.0 Å². The largest absolute Gasteiger partial charge is 0.480 e. The van der Waals surface area contributed by atoms with Crippen molar-refractivity contribution in [1.82, 2.24) is 4.90 Å². The molecule has 114 valence electrons. The Morgan fingerprint density at radius 2 is 2.00 bits per heavy atom. The van der Waals surface area contributed by atoms with E-state index >= 15 is 0 Å². The van der Waals surface area contributed by atoms with Crippen molar-refractivity contribution < 1.29 is 14.6 Å². The van der Waals surface area contributed by atoms with Gasteiger partial charge in [-0.05, 0) is 36.8 Å². The maximum atomic E-state index is 10.6. The van der Waals surface area contributed by atoms with E-state index in [1.165, 1.54) is 24.0 Å². The Balaban J connectivity index is 1.68. The highest BCUT2D eigenvalue weighted by molar-refractivity contribution is 5.68. The van der Waals surface area contributed by atoms with Gasteiger partial charge in [-0.25, -0.2) is 4.79 Å². The van der Waals surface area contributed by atoms with Crippen LogP contribution in [-0.2, 0) is 9.53 Å². The summed E-state index contributed by atoms with van der Waals surface area (Å²) in [6.07, 6.45) is 2.39. The lowest BCUT2D eigenvalue weighted by Gasteiger charge is -2.52. The van der Waals surface area contributed by atoms with Gasteiger partial charge in [0.1, 0.15) is 6.61 Å². The smallest absolute Gasteiger partial charge is 0.329 e. The van der Waals surface area contributed by atoms with E-state index < -0.39 is 5.97 Å². The van der Waals surface area contributed by atoms with Crippen molar-refractivity contribution in [2.24, 2.45) is 0 Å². The quantitative estimate of drug-likeness (QED) is 0.926. The van der Waals surface area contributed by atoms with Gasteiger partial charge in [-0.15, -0.1) is 0 Å². The van der Waals surface area contributed by atoms with E-state index in [0.717, 1.165) is 13.1 Å². The highest BCUT2D eigenvalue weighted by Gasteiger charge is 2.44. The van der Waals surface area contributed by atoms with Crippen molar-refractivity contribution in [1.29, 1.82) is 0 Å². The van der Waals surface area contributed by atoms with Crippen molar-refractivity contribution in [3.63, 3.8) is 0 Å². The van der Waals surface area contributed by atoms with Gasteiger partial charge < -0.3 is 9.84 Å². The van der Waals surface area contributed by atoms with E-state index in [2.05, 4.69) is 36.1 Å². The number of likely N-dealkylation sites (tertiary alicyclic amines) is 1. The summed E-state index contributed by atoms with van der Waals surface area (Å²) in [5.41, 5.74) is 2.60. The van der Waals surface area contributed by atoms with Crippen LogP contribution in [0.5, 0.6) is 0 Å². The summed E-state index contributed by atoms with van der Waals surface area (Å²) in [6, 6.07) is 9.17. The van der Waals surface area contributed by atoms with E-state index in [1.54, 1.807) is 0 Å². The van der Waals surface area contributed by atoms with Gasteiger partial charge >= 0.3 is 5.97 Å². The molecule has 0 radical (unpaired) electrons. The molecule has 0 aromatic heterocycles. The van der Waals surface area contributed by atoms with Crippen molar-refractivity contribution in [3.05, 3.63) is 35.4 Å². The fourth-order valence-corrected chi connectivity index (χ4v) is 3.72. The highest BCUT2D eigenvalue weighted by Crippen LogP contribution is 2.43. The van der Waals surface area contributed by atoms with Crippen molar-refractivity contribution in [2.75, 3.05) is 19.7 Å². The maximum absolute atomic E-state index is 10.6. The molecule has 1 aromatic carbocycles. The summed E-state index contributed by atoms with van der Waals surface area (Å²) in [4.78, 5) is 13.1. The maximum Gasteiger partial charge on any atom is 0.329 e. The van der Waals surface area contributed by atoms with Gasteiger partial charge in [-0.3, -0.25) is 4.90 Å². The van der Waals surface area contributed by atoms with Crippen molar-refractivity contribution >= 4 is 5.97 Å². The first kappa shape index (κ1) is 14.5. The van der Waals surface area contributed by atoms with Crippen LogP contribution in [-0.4, -0.2) is 41.3 Å². The molecular formula is C17H23NO3. The fourth-order valence-electron chi connectivity index (χ4n) is 3.72. The molecule has 3 rings (SSSR count). The average Bonchev–Trinajstić information content (AvgIpc) is 2.43. The van der Waals surface area contributed by atoms with Gasteiger partial charge in [0.25, 0.3) is 0 Å². The Morgan fingerprint density at radius 1 is 1.33 bits per heavy atom. The van der Waals surface area contributed by atoms with Gasteiger partial charge in [0.15, 0.2) is 0 Å². The van der Waals surface area contributed by atoms with Crippen LogP contribution in [0.2, 0.25) is 0 Å². The van der Waals surface area contributed by atoms with Crippen molar-refractivity contribution in [3.8, 4) is 0 Å². The number of aliphatic carboxylic acids is 1. The monoisotopic (exact) mass is 289 g/mol. The number of hydrogen-bond acceptors (Lipinski definition) is 3. The van der Waals surface area contributed by atoms with Crippen LogP contribution in [0.1, 0.15) is 49.8 Å². The number of rotatable bonds is 4. The third-order valence-electron chi connectivity index (χ3n) is 4.82. The molecule has 2 aliphatic rings. The van der Waals surface area contributed by atoms with E-state index in [9.17, 15) is 4.79 Å². The van der Waals surface area contributed by atoms with Gasteiger partial charge in [0.2, 0.25) is 0 Å². The Kier molecular flexibility index (Phi) is 3.76. The molecule has 1 saturated heterocycles. The second-order valence-corrected chi connectivity index (χ2v) is 6.66. The van der Waals surface area contributed by atoms with Crippen molar-refractivity contribution in [2.45, 2.75) is 44.2 Å². The molecule has 4 nitrogen and oxygen atoms in total. The number of fused-ring (bicyclic) bond motifs is 1. The third-order valence-corrected chi connectivity index (χ3v) is 4.82. The summed E-state index contributed by atoms with van der Waals surface area (Å²) in [5.74, 6) is -0.264. The average molecular weight is 289 g/mol. The molecule has 0 saturated carbocycles. The number of carboxylic acids is 1. The fraction of sp³-hybridized carbons (Fsp3) is 0.588. The van der Waals surface area contributed by atoms with Gasteiger partial charge in [0, 0.05) is 19.1 Å². The topological polar surface area (TPSA) is 49.8 Å². The number of benzene rings is 1. The Bertz CT molecular complexity index is 537. The number of carboxylic acid groups (broad SMARTS) is 1. The van der Waals surface area contributed by atoms with Crippen LogP contribution in [0.4, 0.5) is 0 Å². The zero-order valence-electron chi connectivity index (χ0n) is 12.7. The van der Waals surface area contributed by atoms with Crippen LogP contribution in [0.3, 0.4) is 0 Å². The SMILES string of the molecule is CC1CCC(N2CC(C)(OCC(=O)O)C2)c2ccccc21. The minimum Gasteiger partial charge on any atom is -0.480 e. The molecule has 2 unspecified atom stereocenters. The third kappa shape index (κ3) is 2.83. The molecule has 1 aromatic rings. The first-order valence-electron chi connectivity index (χ1n) is 7.67. The molecular weight excluding hydrogens is 266 g/mol. The minimum atomic E-state index is -0.897. The molecule has 21 heavy (non-hydrogen) atoms. The number of carbonyl (C=O) groups is 1. The van der Waals surface area contributed by atoms with Crippen LogP contribution in [0, 0.1) is 0 Å². The number of hydrogen-bond donors (Lipinski definition) is 1. The van der Waals surface area contributed by atoms with E-state index in [1.807, 2.05) is 6.92 Å². The molecule has 4 heteroatoms. The first-order valence-corrected chi connectivity index (χ1v) is 7.67. The molecule has 1 aliphatic carbocycles. The first-order chi connectivity index (χ1) is 9.98. The van der Waals surface area contributed by atoms with Crippen LogP contribution in [0.25, 0.3) is 0 Å². The Labute approximate surface area is 125 Å². The lowest BCUT2D eigenvalue weighted by Crippen LogP contribution is -2.62. The summed E-state index contributed by atoms with van der Waals surface area (Å²) in [6.45, 7) is 5.72. The van der Waals surface area contributed by atoms with Gasteiger partial charge in [-0.2, -0.15) is 0 Å². The zero-order valence-corrected chi connectivity index (χ0v) is 12.7. The minimum absolute atomic E-state index is 0.206. The molecule has 0 spiro atoms. The molecule has 1 N–H and O–H groups in total. The summed E-state index contributed by atoms with van der Waals surface area (Å²) in [5, 5.41) is 8.73. The Morgan fingerprint density at radius 3 is 2.67 bits per heavy atom. The molecule has 1 heterocycles. The Hall–Kier alpha value is -1.39. The number of nitrogens with zero attached hydrogens (tertiary/aromatic N) is 1.